The number of halogens is 2. The van der Waals surface area contributed by atoms with Crippen LogP contribution < -0.4 is 5.32 Å². The van der Waals surface area contributed by atoms with Crippen LogP contribution in [0.15, 0.2) is 27.1 Å². The lowest BCUT2D eigenvalue weighted by Gasteiger charge is -2.35. The van der Waals surface area contributed by atoms with E-state index < -0.39 is 0 Å². The second-order valence-corrected chi connectivity index (χ2v) is 7.17. The van der Waals surface area contributed by atoms with Crippen molar-refractivity contribution in [3.05, 3.63) is 32.7 Å². The maximum Gasteiger partial charge on any atom is 0.0383 e. The van der Waals surface area contributed by atoms with Crippen molar-refractivity contribution >= 4 is 31.9 Å². The Kier molecular flexibility index (Phi) is 6.36. The summed E-state index contributed by atoms with van der Waals surface area (Å²) >= 11 is 7.26. The Balaban J connectivity index is 3.12. The van der Waals surface area contributed by atoms with Gasteiger partial charge in [-0.05, 0) is 48.6 Å². The summed E-state index contributed by atoms with van der Waals surface area (Å²) in [5.41, 5.74) is 1.57. The van der Waals surface area contributed by atoms with Crippen LogP contribution in [0.5, 0.6) is 0 Å². The number of nitrogens with one attached hydrogen (secondary N) is 1. The molecular formula is C15H23Br2N. The molecule has 1 nitrogen and oxygen atoms in total. The van der Waals surface area contributed by atoms with Crippen LogP contribution in [0.25, 0.3) is 0 Å². The Morgan fingerprint density at radius 3 is 2.44 bits per heavy atom. The van der Waals surface area contributed by atoms with Crippen LogP contribution in [0, 0.1) is 5.41 Å². The van der Waals surface area contributed by atoms with Crippen LogP contribution in [0.3, 0.4) is 0 Å². The Morgan fingerprint density at radius 1 is 1.22 bits per heavy atom. The molecule has 1 atom stereocenters. The molecule has 0 fully saturated rings. The highest BCUT2D eigenvalue weighted by Crippen LogP contribution is 2.40. The third-order valence-electron chi connectivity index (χ3n) is 3.56. The lowest BCUT2D eigenvalue weighted by Crippen LogP contribution is -2.34. The molecule has 1 N–H and O–H groups in total. The van der Waals surface area contributed by atoms with Crippen molar-refractivity contribution in [2.45, 2.75) is 46.6 Å². The first-order valence-corrected chi connectivity index (χ1v) is 8.19. The number of benzene rings is 1. The Morgan fingerprint density at radius 2 is 1.89 bits per heavy atom. The van der Waals surface area contributed by atoms with Gasteiger partial charge in [0.2, 0.25) is 0 Å². The fourth-order valence-electron chi connectivity index (χ4n) is 2.04. The van der Waals surface area contributed by atoms with E-state index in [0.29, 0.717) is 6.04 Å². The molecular weight excluding hydrogens is 354 g/mol. The minimum atomic E-state index is 0.235. The normalized spacial score (nSPS) is 13.7. The second-order valence-electron chi connectivity index (χ2n) is 5.40. The van der Waals surface area contributed by atoms with E-state index in [1.165, 1.54) is 10.0 Å². The van der Waals surface area contributed by atoms with Gasteiger partial charge in [-0.1, -0.05) is 59.6 Å². The number of hydrogen-bond donors (Lipinski definition) is 1. The maximum absolute atomic E-state index is 3.69. The first-order valence-electron chi connectivity index (χ1n) is 6.60. The molecule has 0 aliphatic carbocycles. The van der Waals surface area contributed by atoms with Gasteiger partial charge in [0.25, 0.3) is 0 Å². The van der Waals surface area contributed by atoms with Crippen LogP contribution in [0.4, 0.5) is 0 Å². The van der Waals surface area contributed by atoms with E-state index in [1.807, 2.05) is 0 Å². The Hall–Kier alpha value is 0.140. The molecule has 3 heteroatoms. The molecule has 0 aromatic heterocycles. The topological polar surface area (TPSA) is 12.0 Å². The van der Waals surface area contributed by atoms with Crippen LogP contribution >= 0.6 is 31.9 Å². The molecule has 0 amide bonds. The van der Waals surface area contributed by atoms with Gasteiger partial charge in [-0.15, -0.1) is 0 Å². The molecule has 0 saturated heterocycles. The predicted octanol–water partition coefficient (Wildman–Crippen LogP) is 5.69. The monoisotopic (exact) mass is 375 g/mol. The van der Waals surface area contributed by atoms with Crippen molar-refractivity contribution in [3.8, 4) is 0 Å². The first-order chi connectivity index (χ1) is 8.42. The molecule has 0 saturated carbocycles. The van der Waals surface area contributed by atoms with E-state index in [-0.39, 0.29) is 5.41 Å². The third-order valence-corrected chi connectivity index (χ3v) is 4.78. The molecule has 1 aromatic carbocycles. The molecule has 0 bridgehead atoms. The Labute approximate surface area is 128 Å². The van der Waals surface area contributed by atoms with Crippen LogP contribution in [0.2, 0.25) is 0 Å². The summed E-state index contributed by atoms with van der Waals surface area (Å²) in [5, 5.41) is 3.69. The molecule has 1 rings (SSSR count). The highest BCUT2D eigenvalue weighted by Gasteiger charge is 2.30. The van der Waals surface area contributed by atoms with E-state index in [9.17, 15) is 0 Å². The lowest BCUT2D eigenvalue weighted by atomic mass is 9.78. The van der Waals surface area contributed by atoms with Gasteiger partial charge in [0, 0.05) is 15.0 Å². The standard InChI is InChI=1S/C15H23Br2N/c1-5-9-18-14(15(3,4)6-2)12-10-11(16)7-8-13(12)17/h7-8,10,14,18H,5-6,9H2,1-4H3. The van der Waals surface area contributed by atoms with Gasteiger partial charge < -0.3 is 5.32 Å². The maximum atomic E-state index is 3.69. The highest BCUT2D eigenvalue weighted by atomic mass is 79.9. The summed E-state index contributed by atoms with van der Waals surface area (Å²) in [6.07, 6.45) is 2.30. The Bertz CT molecular complexity index is 388. The summed E-state index contributed by atoms with van der Waals surface area (Å²) in [7, 11) is 0. The molecule has 0 aliphatic rings. The van der Waals surface area contributed by atoms with Crippen molar-refractivity contribution in [1.29, 1.82) is 0 Å². The highest BCUT2D eigenvalue weighted by molar-refractivity contribution is 9.11. The van der Waals surface area contributed by atoms with Crippen LogP contribution in [0.1, 0.15) is 52.1 Å². The average molecular weight is 377 g/mol. The first kappa shape index (κ1) is 16.2. The quantitative estimate of drug-likeness (QED) is 0.672. The molecule has 0 radical (unpaired) electrons. The fraction of sp³-hybridized carbons (Fsp3) is 0.600. The van der Waals surface area contributed by atoms with Gasteiger partial charge in [-0.2, -0.15) is 0 Å². The van der Waals surface area contributed by atoms with Crippen molar-refractivity contribution < 1.29 is 0 Å². The second kappa shape index (κ2) is 7.06. The summed E-state index contributed by atoms with van der Waals surface area (Å²) in [6, 6.07) is 6.78. The van der Waals surface area contributed by atoms with Gasteiger partial charge in [0.05, 0.1) is 0 Å². The van der Waals surface area contributed by atoms with Crippen LogP contribution in [-0.2, 0) is 0 Å². The number of hydrogen-bond acceptors (Lipinski definition) is 1. The minimum Gasteiger partial charge on any atom is -0.309 e. The van der Waals surface area contributed by atoms with Gasteiger partial charge in [-0.3, -0.25) is 0 Å². The van der Waals surface area contributed by atoms with Gasteiger partial charge >= 0.3 is 0 Å². The molecule has 0 spiro atoms. The van der Waals surface area contributed by atoms with Crippen molar-refractivity contribution in [2.75, 3.05) is 6.54 Å². The average Bonchev–Trinajstić information content (AvgIpc) is 2.33. The molecule has 102 valence electrons. The fourth-order valence-corrected chi connectivity index (χ4v) is 2.89. The predicted molar refractivity (Wildman–Crippen MR) is 86.9 cm³/mol. The zero-order chi connectivity index (χ0) is 13.8. The van der Waals surface area contributed by atoms with Crippen molar-refractivity contribution in [1.82, 2.24) is 5.32 Å². The minimum absolute atomic E-state index is 0.235. The molecule has 0 aliphatic heterocycles. The summed E-state index contributed by atoms with van der Waals surface area (Å²) in [5.74, 6) is 0. The van der Waals surface area contributed by atoms with E-state index in [1.54, 1.807) is 0 Å². The van der Waals surface area contributed by atoms with Gasteiger partial charge in [-0.25, -0.2) is 0 Å². The van der Waals surface area contributed by atoms with Crippen LogP contribution in [-0.4, -0.2) is 6.54 Å². The molecule has 0 heterocycles. The zero-order valence-corrected chi connectivity index (χ0v) is 14.9. The summed E-state index contributed by atoms with van der Waals surface area (Å²) in [6.45, 7) is 10.2. The van der Waals surface area contributed by atoms with Crippen molar-refractivity contribution in [2.24, 2.45) is 5.41 Å². The van der Waals surface area contributed by atoms with E-state index in [0.717, 1.165) is 23.9 Å². The van der Waals surface area contributed by atoms with Crippen molar-refractivity contribution in [3.63, 3.8) is 0 Å². The van der Waals surface area contributed by atoms with Gasteiger partial charge in [0.15, 0.2) is 0 Å². The van der Waals surface area contributed by atoms with E-state index in [2.05, 4.69) is 83.1 Å². The summed E-state index contributed by atoms with van der Waals surface area (Å²) in [4.78, 5) is 0. The largest absolute Gasteiger partial charge is 0.309 e. The SMILES string of the molecule is CCCNC(c1cc(Br)ccc1Br)C(C)(C)CC. The third kappa shape index (κ3) is 4.07. The van der Waals surface area contributed by atoms with E-state index in [4.69, 9.17) is 0 Å². The number of rotatable bonds is 6. The van der Waals surface area contributed by atoms with E-state index >= 15 is 0 Å². The molecule has 1 unspecified atom stereocenters. The van der Waals surface area contributed by atoms with Gasteiger partial charge in [0.1, 0.15) is 0 Å². The molecule has 1 aromatic rings. The smallest absolute Gasteiger partial charge is 0.0383 e. The summed E-state index contributed by atoms with van der Waals surface area (Å²) < 4.78 is 2.32. The lowest BCUT2D eigenvalue weighted by molar-refractivity contribution is 0.234. The zero-order valence-electron chi connectivity index (χ0n) is 11.7. The molecule has 18 heavy (non-hydrogen) atoms.